The Bertz CT molecular complexity index is 1110. The van der Waals surface area contributed by atoms with Crippen molar-refractivity contribution in [2.24, 2.45) is 0 Å². The maximum Gasteiger partial charge on any atom is 0.290 e. The van der Waals surface area contributed by atoms with E-state index in [-0.39, 0.29) is 10.8 Å². The van der Waals surface area contributed by atoms with Gasteiger partial charge in [0.05, 0.1) is 4.91 Å². The van der Waals surface area contributed by atoms with Crippen LogP contribution in [0, 0.1) is 0 Å². The summed E-state index contributed by atoms with van der Waals surface area (Å²) in [7, 11) is 0. The first-order valence-electron chi connectivity index (χ1n) is 8.55. The third kappa shape index (κ3) is 3.81. The number of nitrogens with one attached hydrogen (secondary N) is 2. The van der Waals surface area contributed by atoms with Crippen molar-refractivity contribution in [1.82, 2.24) is 15.6 Å². The van der Waals surface area contributed by atoms with E-state index in [1.807, 2.05) is 30.3 Å². The molecular weight excluding hydrogens is 378 g/mol. The molecule has 4 rings (SSSR count). The molecule has 1 saturated heterocycles. The van der Waals surface area contributed by atoms with Crippen LogP contribution in [0.25, 0.3) is 17.0 Å². The number of hydrogen-bond donors (Lipinski definition) is 2. The molecule has 1 aliphatic heterocycles. The van der Waals surface area contributed by atoms with Crippen LogP contribution in [-0.4, -0.2) is 28.6 Å². The first kappa shape index (κ1) is 18.0. The van der Waals surface area contributed by atoms with E-state index in [1.165, 1.54) is 12.3 Å². The summed E-state index contributed by atoms with van der Waals surface area (Å²) in [6.07, 6.45) is 5.21. The van der Waals surface area contributed by atoms with E-state index < -0.39 is 11.1 Å². The van der Waals surface area contributed by atoms with Crippen LogP contribution in [0.4, 0.5) is 4.79 Å². The molecule has 0 bridgehead atoms. The van der Waals surface area contributed by atoms with Crippen LogP contribution in [0.5, 0.6) is 0 Å². The summed E-state index contributed by atoms with van der Waals surface area (Å²) in [4.78, 5) is 39.8. The third-order valence-electron chi connectivity index (χ3n) is 4.14. The molecule has 1 aromatic carbocycles. The third-order valence-corrected chi connectivity index (χ3v) is 4.95. The van der Waals surface area contributed by atoms with Gasteiger partial charge in [-0.2, -0.15) is 0 Å². The number of carbonyl (C=O) groups is 3. The minimum atomic E-state index is -0.465. The van der Waals surface area contributed by atoms with E-state index in [0.717, 1.165) is 17.3 Å². The van der Waals surface area contributed by atoms with Crippen molar-refractivity contribution in [2.75, 3.05) is 6.54 Å². The SMILES string of the molecule is O=C1NC(=O)/C(=C/c2cc3cncc(C(=O)NCCc4ccccc4)c3o2)S1. The lowest BCUT2D eigenvalue weighted by Gasteiger charge is -2.05. The molecule has 2 aromatic heterocycles. The Morgan fingerprint density at radius 2 is 2.04 bits per heavy atom. The van der Waals surface area contributed by atoms with Gasteiger partial charge >= 0.3 is 0 Å². The lowest BCUT2D eigenvalue weighted by atomic mass is 10.1. The van der Waals surface area contributed by atoms with Gasteiger partial charge in [-0.05, 0) is 29.8 Å². The maximum absolute atomic E-state index is 12.6. The average molecular weight is 393 g/mol. The summed E-state index contributed by atoms with van der Waals surface area (Å²) in [6.45, 7) is 0.482. The largest absolute Gasteiger partial charge is 0.456 e. The standard InChI is InChI=1S/C20H15N3O4S/c24-18(22-7-6-12-4-2-1-3-5-12)15-11-21-10-13-8-14(27-17(13)15)9-16-19(25)23-20(26)28-16/h1-5,8-11H,6-7H2,(H,22,24)(H,23,25,26)/b16-9-. The smallest absolute Gasteiger partial charge is 0.290 e. The number of amides is 3. The minimum absolute atomic E-state index is 0.242. The number of furan rings is 1. The summed E-state index contributed by atoms with van der Waals surface area (Å²) in [6, 6.07) is 11.5. The summed E-state index contributed by atoms with van der Waals surface area (Å²) in [5.74, 6) is -0.383. The van der Waals surface area contributed by atoms with Crippen LogP contribution in [-0.2, 0) is 11.2 Å². The number of fused-ring (bicyclic) bond motifs is 1. The second kappa shape index (κ2) is 7.69. The number of imide groups is 1. The quantitative estimate of drug-likeness (QED) is 0.646. The summed E-state index contributed by atoms with van der Waals surface area (Å²) < 4.78 is 5.75. The predicted octanol–water partition coefficient (Wildman–Crippen LogP) is 3.12. The van der Waals surface area contributed by atoms with E-state index >= 15 is 0 Å². The molecule has 1 aliphatic rings. The highest BCUT2D eigenvalue weighted by Crippen LogP contribution is 2.29. The van der Waals surface area contributed by atoms with Crippen molar-refractivity contribution < 1.29 is 18.8 Å². The van der Waals surface area contributed by atoms with Gasteiger partial charge in [0.1, 0.15) is 11.3 Å². The molecule has 0 unspecified atom stereocenters. The fourth-order valence-corrected chi connectivity index (χ4v) is 3.49. The van der Waals surface area contributed by atoms with Gasteiger partial charge in [-0.25, -0.2) is 0 Å². The zero-order valence-corrected chi connectivity index (χ0v) is 15.4. The molecule has 0 radical (unpaired) electrons. The highest BCUT2D eigenvalue weighted by molar-refractivity contribution is 8.18. The van der Waals surface area contributed by atoms with Crippen molar-refractivity contribution in [2.45, 2.75) is 6.42 Å². The van der Waals surface area contributed by atoms with Gasteiger partial charge in [0.2, 0.25) is 0 Å². The predicted molar refractivity (Wildman–Crippen MR) is 106 cm³/mol. The van der Waals surface area contributed by atoms with E-state index in [0.29, 0.717) is 35.3 Å². The fraction of sp³-hybridized carbons (Fsp3) is 0.100. The number of benzene rings is 1. The lowest BCUT2D eigenvalue weighted by molar-refractivity contribution is -0.115. The maximum atomic E-state index is 12.6. The van der Waals surface area contributed by atoms with Gasteiger partial charge < -0.3 is 9.73 Å². The highest BCUT2D eigenvalue weighted by atomic mass is 32.2. The monoisotopic (exact) mass is 393 g/mol. The molecule has 8 heteroatoms. The second-order valence-corrected chi connectivity index (χ2v) is 7.11. The van der Waals surface area contributed by atoms with E-state index in [1.54, 1.807) is 12.3 Å². The first-order valence-corrected chi connectivity index (χ1v) is 9.36. The van der Waals surface area contributed by atoms with Crippen molar-refractivity contribution in [3.63, 3.8) is 0 Å². The Labute approximate surface area is 164 Å². The van der Waals surface area contributed by atoms with Crippen LogP contribution >= 0.6 is 11.8 Å². The summed E-state index contributed by atoms with van der Waals surface area (Å²) >= 11 is 0.805. The zero-order valence-electron chi connectivity index (χ0n) is 14.6. The summed E-state index contributed by atoms with van der Waals surface area (Å²) in [5.41, 5.74) is 1.83. The van der Waals surface area contributed by atoms with Gasteiger partial charge in [-0.15, -0.1) is 0 Å². The fourth-order valence-electron chi connectivity index (χ4n) is 2.83. The molecule has 3 amide bonds. The van der Waals surface area contributed by atoms with Crippen LogP contribution in [0.15, 0.2) is 58.1 Å². The molecule has 0 atom stereocenters. The van der Waals surface area contributed by atoms with E-state index in [2.05, 4.69) is 15.6 Å². The number of thioether (sulfide) groups is 1. The van der Waals surface area contributed by atoms with Crippen LogP contribution in [0.3, 0.4) is 0 Å². The van der Waals surface area contributed by atoms with Crippen molar-refractivity contribution in [3.8, 4) is 0 Å². The Morgan fingerprint density at radius 1 is 1.21 bits per heavy atom. The molecule has 0 spiro atoms. The van der Waals surface area contributed by atoms with Gasteiger partial charge in [-0.1, -0.05) is 30.3 Å². The first-order chi connectivity index (χ1) is 13.6. The summed E-state index contributed by atoms with van der Waals surface area (Å²) in [5, 5.41) is 5.27. The Kier molecular flexibility index (Phi) is 4.94. The topological polar surface area (TPSA) is 101 Å². The second-order valence-electron chi connectivity index (χ2n) is 6.10. The molecule has 3 aromatic rings. The van der Waals surface area contributed by atoms with Crippen molar-refractivity contribution >= 4 is 45.9 Å². The van der Waals surface area contributed by atoms with Gasteiger partial charge in [0.25, 0.3) is 17.1 Å². The zero-order chi connectivity index (χ0) is 19.5. The molecule has 0 saturated carbocycles. The Hall–Kier alpha value is -3.39. The van der Waals surface area contributed by atoms with E-state index in [4.69, 9.17) is 4.42 Å². The molecule has 7 nitrogen and oxygen atoms in total. The normalized spacial score (nSPS) is 15.2. The van der Waals surface area contributed by atoms with Crippen molar-refractivity contribution in [1.29, 1.82) is 0 Å². The number of pyridine rings is 1. The Morgan fingerprint density at radius 3 is 2.79 bits per heavy atom. The van der Waals surface area contributed by atoms with Crippen molar-refractivity contribution in [3.05, 3.63) is 70.6 Å². The number of carbonyl (C=O) groups excluding carboxylic acids is 3. The number of aromatic nitrogens is 1. The van der Waals surface area contributed by atoms with Gasteiger partial charge in [0, 0.05) is 30.4 Å². The molecule has 2 N–H and O–H groups in total. The molecule has 140 valence electrons. The molecule has 28 heavy (non-hydrogen) atoms. The number of nitrogens with zero attached hydrogens (tertiary/aromatic N) is 1. The molecule has 3 heterocycles. The molecular formula is C20H15N3O4S. The minimum Gasteiger partial charge on any atom is -0.456 e. The molecule has 1 fully saturated rings. The highest BCUT2D eigenvalue weighted by Gasteiger charge is 2.25. The van der Waals surface area contributed by atoms with Gasteiger partial charge in [0.15, 0.2) is 5.58 Å². The average Bonchev–Trinajstić information content (AvgIpc) is 3.24. The van der Waals surface area contributed by atoms with Gasteiger partial charge in [-0.3, -0.25) is 24.7 Å². The number of rotatable bonds is 5. The number of hydrogen-bond acceptors (Lipinski definition) is 6. The Balaban J connectivity index is 1.52. The lowest BCUT2D eigenvalue weighted by Crippen LogP contribution is -2.25. The van der Waals surface area contributed by atoms with Crippen LogP contribution in [0.1, 0.15) is 21.7 Å². The van der Waals surface area contributed by atoms with E-state index in [9.17, 15) is 14.4 Å². The molecule has 0 aliphatic carbocycles. The van der Waals surface area contributed by atoms with Crippen LogP contribution < -0.4 is 10.6 Å². The van der Waals surface area contributed by atoms with Crippen LogP contribution in [0.2, 0.25) is 0 Å².